The fourth-order valence-corrected chi connectivity index (χ4v) is 3.12. The van der Waals surface area contributed by atoms with Crippen LogP contribution in [-0.2, 0) is 6.42 Å². The largest absolute Gasteiger partial charge is 0.386 e. The van der Waals surface area contributed by atoms with Gasteiger partial charge in [0.25, 0.3) is 0 Å². The summed E-state index contributed by atoms with van der Waals surface area (Å²) in [5.74, 6) is 0. The highest BCUT2D eigenvalue weighted by Crippen LogP contribution is 2.33. The third-order valence-electron chi connectivity index (χ3n) is 3.65. The smallest absolute Gasteiger partial charge is 0.0985 e. The van der Waals surface area contributed by atoms with Gasteiger partial charge in [-0.1, -0.05) is 52.3 Å². The molecule has 2 atom stereocenters. The zero-order valence-electron chi connectivity index (χ0n) is 10.5. The molecule has 2 aromatic carbocycles. The molecule has 3 heteroatoms. The lowest BCUT2D eigenvalue weighted by Crippen LogP contribution is -2.33. The highest BCUT2D eigenvalue weighted by atomic mass is 79.9. The van der Waals surface area contributed by atoms with Crippen LogP contribution in [0.2, 0.25) is 0 Å². The molecule has 1 aliphatic heterocycles. The van der Waals surface area contributed by atoms with Gasteiger partial charge < -0.3 is 10.4 Å². The van der Waals surface area contributed by atoms with Gasteiger partial charge in [0, 0.05) is 4.47 Å². The van der Waals surface area contributed by atoms with Crippen molar-refractivity contribution in [2.45, 2.75) is 18.6 Å². The molecule has 0 fully saturated rings. The van der Waals surface area contributed by atoms with Crippen molar-refractivity contribution in [2.24, 2.45) is 0 Å². The zero-order chi connectivity index (χ0) is 13.2. The van der Waals surface area contributed by atoms with Crippen molar-refractivity contribution >= 4 is 15.9 Å². The van der Waals surface area contributed by atoms with Crippen molar-refractivity contribution in [2.75, 3.05) is 6.54 Å². The van der Waals surface area contributed by atoms with E-state index in [1.165, 1.54) is 11.1 Å². The van der Waals surface area contributed by atoms with Crippen molar-refractivity contribution in [3.05, 3.63) is 69.7 Å². The number of aliphatic hydroxyl groups is 1. The summed E-state index contributed by atoms with van der Waals surface area (Å²) in [6, 6.07) is 16.2. The van der Waals surface area contributed by atoms with E-state index < -0.39 is 6.10 Å². The summed E-state index contributed by atoms with van der Waals surface area (Å²) in [5.41, 5.74) is 3.48. The van der Waals surface area contributed by atoms with Crippen molar-refractivity contribution in [1.29, 1.82) is 0 Å². The third-order valence-corrected chi connectivity index (χ3v) is 4.15. The number of halogens is 1. The molecule has 0 aliphatic carbocycles. The average Bonchev–Trinajstić information content (AvgIpc) is 2.46. The van der Waals surface area contributed by atoms with Crippen LogP contribution in [0.5, 0.6) is 0 Å². The second-order valence-electron chi connectivity index (χ2n) is 4.88. The number of hydrogen-bond acceptors (Lipinski definition) is 2. The van der Waals surface area contributed by atoms with Gasteiger partial charge in [0.1, 0.15) is 0 Å². The Hall–Kier alpha value is -1.16. The minimum atomic E-state index is -0.529. The number of nitrogens with one attached hydrogen (secondary N) is 1. The van der Waals surface area contributed by atoms with Gasteiger partial charge in [-0.2, -0.15) is 0 Å². The topological polar surface area (TPSA) is 32.3 Å². The summed E-state index contributed by atoms with van der Waals surface area (Å²) in [4.78, 5) is 0. The van der Waals surface area contributed by atoms with Gasteiger partial charge in [-0.05, 0) is 41.8 Å². The summed E-state index contributed by atoms with van der Waals surface area (Å²) >= 11 is 3.45. The molecule has 98 valence electrons. The molecule has 2 unspecified atom stereocenters. The fraction of sp³-hybridized carbons (Fsp3) is 0.250. The van der Waals surface area contributed by atoms with Gasteiger partial charge in [-0.25, -0.2) is 0 Å². The van der Waals surface area contributed by atoms with E-state index in [0.29, 0.717) is 0 Å². The van der Waals surface area contributed by atoms with Gasteiger partial charge in [0.2, 0.25) is 0 Å². The summed E-state index contributed by atoms with van der Waals surface area (Å²) in [7, 11) is 0. The van der Waals surface area contributed by atoms with Crippen LogP contribution in [0.15, 0.2) is 53.0 Å². The lowest BCUT2D eigenvalue weighted by molar-refractivity contribution is 0.125. The van der Waals surface area contributed by atoms with Crippen LogP contribution < -0.4 is 5.32 Å². The Balaban J connectivity index is 1.95. The highest BCUT2D eigenvalue weighted by Gasteiger charge is 2.26. The molecule has 0 saturated carbocycles. The molecule has 0 aromatic heterocycles. The Morgan fingerprint density at radius 3 is 2.84 bits per heavy atom. The average molecular weight is 318 g/mol. The van der Waals surface area contributed by atoms with Crippen LogP contribution in [0.3, 0.4) is 0 Å². The Kier molecular flexibility index (Phi) is 3.69. The van der Waals surface area contributed by atoms with Crippen LogP contribution >= 0.6 is 15.9 Å². The number of hydrogen-bond donors (Lipinski definition) is 2. The van der Waals surface area contributed by atoms with Crippen LogP contribution in [0, 0.1) is 0 Å². The molecule has 2 N–H and O–H groups in total. The van der Waals surface area contributed by atoms with Gasteiger partial charge in [-0.15, -0.1) is 0 Å². The molecule has 1 aliphatic rings. The first kappa shape index (κ1) is 12.9. The minimum absolute atomic E-state index is 0.0285. The second-order valence-corrected chi connectivity index (χ2v) is 5.80. The lowest BCUT2D eigenvalue weighted by atomic mass is 9.88. The second kappa shape index (κ2) is 5.45. The van der Waals surface area contributed by atoms with Crippen LogP contribution in [0.25, 0.3) is 0 Å². The summed E-state index contributed by atoms with van der Waals surface area (Å²) in [5, 5.41) is 14.1. The Labute approximate surface area is 121 Å². The van der Waals surface area contributed by atoms with Crippen LogP contribution in [0.1, 0.15) is 28.8 Å². The van der Waals surface area contributed by atoms with E-state index in [1.807, 2.05) is 30.3 Å². The first-order valence-electron chi connectivity index (χ1n) is 6.50. The van der Waals surface area contributed by atoms with Crippen molar-refractivity contribution in [3.63, 3.8) is 0 Å². The molecule has 2 nitrogen and oxygen atoms in total. The maximum Gasteiger partial charge on any atom is 0.0985 e. The Morgan fingerprint density at radius 2 is 2.00 bits per heavy atom. The first-order chi connectivity index (χ1) is 9.25. The summed E-state index contributed by atoms with van der Waals surface area (Å²) in [6.45, 7) is 0.909. The standard InChI is InChI=1S/C16H16BrNO/c17-13-6-3-5-12(10-13)16(19)15-14-7-2-1-4-11(14)8-9-18-15/h1-7,10,15-16,18-19H,8-9H2. The lowest BCUT2D eigenvalue weighted by Gasteiger charge is -2.31. The molecule has 3 rings (SSSR count). The molecule has 0 saturated heterocycles. The maximum atomic E-state index is 10.6. The Bertz CT molecular complexity index is 584. The molecule has 1 heterocycles. The van der Waals surface area contributed by atoms with Crippen LogP contribution in [-0.4, -0.2) is 11.7 Å². The van der Waals surface area contributed by atoms with Crippen molar-refractivity contribution < 1.29 is 5.11 Å². The molecule has 0 bridgehead atoms. The zero-order valence-corrected chi connectivity index (χ0v) is 12.1. The molecular weight excluding hydrogens is 302 g/mol. The van der Waals surface area contributed by atoms with E-state index in [2.05, 4.69) is 39.4 Å². The quantitative estimate of drug-likeness (QED) is 0.890. The van der Waals surface area contributed by atoms with Gasteiger partial charge in [0.15, 0.2) is 0 Å². The summed E-state index contributed by atoms with van der Waals surface area (Å²) < 4.78 is 0.994. The number of rotatable bonds is 2. The third kappa shape index (κ3) is 2.59. The predicted octanol–water partition coefficient (Wildman–Crippen LogP) is 3.37. The SMILES string of the molecule is OC(c1cccc(Br)c1)C1NCCc2ccccc21. The maximum absolute atomic E-state index is 10.6. The summed E-state index contributed by atoms with van der Waals surface area (Å²) in [6.07, 6.45) is 0.497. The number of aliphatic hydroxyl groups excluding tert-OH is 1. The van der Waals surface area contributed by atoms with Crippen molar-refractivity contribution in [1.82, 2.24) is 5.32 Å². The minimum Gasteiger partial charge on any atom is -0.386 e. The highest BCUT2D eigenvalue weighted by molar-refractivity contribution is 9.10. The normalized spacial score (nSPS) is 19.8. The van der Waals surface area contributed by atoms with Gasteiger partial charge in [-0.3, -0.25) is 0 Å². The molecule has 0 spiro atoms. The molecular formula is C16H16BrNO. The van der Waals surface area contributed by atoms with Crippen LogP contribution in [0.4, 0.5) is 0 Å². The van der Waals surface area contributed by atoms with Gasteiger partial charge in [0.05, 0.1) is 12.1 Å². The monoisotopic (exact) mass is 317 g/mol. The molecule has 19 heavy (non-hydrogen) atoms. The molecule has 0 radical (unpaired) electrons. The van der Waals surface area contributed by atoms with E-state index >= 15 is 0 Å². The first-order valence-corrected chi connectivity index (χ1v) is 7.30. The van der Waals surface area contributed by atoms with E-state index in [9.17, 15) is 5.11 Å². The number of fused-ring (bicyclic) bond motifs is 1. The predicted molar refractivity (Wildman–Crippen MR) is 80.0 cm³/mol. The fourth-order valence-electron chi connectivity index (χ4n) is 2.70. The van der Waals surface area contributed by atoms with E-state index in [4.69, 9.17) is 0 Å². The Morgan fingerprint density at radius 1 is 1.16 bits per heavy atom. The van der Waals surface area contributed by atoms with E-state index in [1.54, 1.807) is 0 Å². The number of benzene rings is 2. The molecule has 0 amide bonds. The van der Waals surface area contributed by atoms with Crippen molar-refractivity contribution in [3.8, 4) is 0 Å². The van der Waals surface area contributed by atoms with E-state index in [-0.39, 0.29) is 6.04 Å². The van der Waals surface area contributed by atoms with E-state index in [0.717, 1.165) is 23.0 Å². The molecule has 2 aromatic rings. The van der Waals surface area contributed by atoms with Gasteiger partial charge >= 0.3 is 0 Å².